The molecule has 16 heavy (non-hydrogen) atoms. The van der Waals surface area contributed by atoms with Gasteiger partial charge in [0.15, 0.2) is 0 Å². The van der Waals surface area contributed by atoms with Crippen LogP contribution in [0.1, 0.15) is 0 Å². The molecule has 0 amide bonds. The highest BCUT2D eigenvalue weighted by Crippen LogP contribution is 2.10. The minimum Gasteiger partial charge on any atom is -0.417 e. The second kappa shape index (κ2) is 5.18. The summed E-state index contributed by atoms with van der Waals surface area (Å²) in [4.78, 5) is 0. The minimum absolute atomic E-state index is 0.00769. The van der Waals surface area contributed by atoms with E-state index in [2.05, 4.69) is 10.2 Å². The van der Waals surface area contributed by atoms with Crippen molar-refractivity contribution in [3.05, 3.63) is 48.7 Å². The first-order valence-electron chi connectivity index (χ1n) is 4.57. The first kappa shape index (κ1) is 10.5. The molecule has 0 N–H and O–H groups in total. The summed E-state index contributed by atoms with van der Waals surface area (Å²) in [7, 11) is 0. The quantitative estimate of drug-likeness (QED) is 0.743. The van der Waals surface area contributed by atoms with Gasteiger partial charge in [-0.3, -0.25) is 0 Å². The first-order chi connectivity index (χ1) is 7.84. The van der Waals surface area contributed by atoms with E-state index in [9.17, 15) is 0 Å². The molecule has 1 aromatic carbocycles. The predicted octanol–water partition coefficient (Wildman–Crippen LogP) is 2.22. The SMILES string of the molecule is S=C(Oc1ccccc1)Oc1cccnn1. The zero-order valence-electron chi connectivity index (χ0n) is 8.24. The fourth-order valence-corrected chi connectivity index (χ4v) is 1.21. The van der Waals surface area contributed by atoms with Crippen LogP contribution in [-0.4, -0.2) is 15.4 Å². The Kier molecular flexibility index (Phi) is 3.40. The molecule has 2 rings (SSSR count). The third kappa shape index (κ3) is 2.99. The maximum absolute atomic E-state index is 5.26. The van der Waals surface area contributed by atoms with Gasteiger partial charge in [-0.1, -0.05) is 18.2 Å². The van der Waals surface area contributed by atoms with E-state index in [0.29, 0.717) is 11.6 Å². The summed E-state index contributed by atoms with van der Waals surface area (Å²) in [6.07, 6.45) is 1.55. The molecule has 0 saturated carbocycles. The summed E-state index contributed by atoms with van der Waals surface area (Å²) in [5.41, 5.74) is 0. The first-order valence-corrected chi connectivity index (χ1v) is 4.98. The molecule has 5 heteroatoms. The summed E-state index contributed by atoms with van der Waals surface area (Å²) in [5, 5.41) is 7.37. The molecule has 0 fully saturated rings. The average molecular weight is 232 g/mol. The Hall–Kier alpha value is -2.01. The lowest BCUT2D eigenvalue weighted by Gasteiger charge is -2.06. The Morgan fingerprint density at radius 3 is 2.50 bits per heavy atom. The largest absolute Gasteiger partial charge is 0.417 e. The lowest BCUT2D eigenvalue weighted by atomic mass is 10.3. The lowest BCUT2D eigenvalue weighted by molar-refractivity contribution is 0.391. The van der Waals surface area contributed by atoms with Gasteiger partial charge in [0, 0.05) is 24.5 Å². The van der Waals surface area contributed by atoms with Crippen molar-refractivity contribution in [3.63, 3.8) is 0 Å². The van der Waals surface area contributed by atoms with Crippen molar-refractivity contribution in [1.29, 1.82) is 0 Å². The van der Waals surface area contributed by atoms with Gasteiger partial charge < -0.3 is 9.47 Å². The summed E-state index contributed by atoms with van der Waals surface area (Å²) in [6.45, 7) is 0. The van der Waals surface area contributed by atoms with Crippen LogP contribution in [0.25, 0.3) is 0 Å². The maximum Gasteiger partial charge on any atom is 0.364 e. The number of nitrogens with zero attached hydrogens (tertiary/aromatic N) is 2. The predicted molar refractivity (Wildman–Crippen MR) is 62.3 cm³/mol. The summed E-state index contributed by atoms with van der Waals surface area (Å²) < 4.78 is 10.4. The molecule has 2 aromatic rings. The molecular weight excluding hydrogens is 224 g/mol. The Labute approximate surface area is 97.8 Å². The summed E-state index contributed by atoms with van der Waals surface area (Å²) in [5.74, 6) is 0.930. The minimum atomic E-state index is -0.00769. The second-order valence-electron chi connectivity index (χ2n) is 2.83. The van der Waals surface area contributed by atoms with Gasteiger partial charge in [-0.25, -0.2) is 0 Å². The lowest BCUT2D eigenvalue weighted by Crippen LogP contribution is -2.14. The van der Waals surface area contributed by atoms with Crippen molar-refractivity contribution in [2.24, 2.45) is 0 Å². The van der Waals surface area contributed by atoms with E-state index >= 15 is 0 Å². The Bertz CT molecular complexity index is 418. The smallest absolute Gasteiger partial charge is 0.364 e. The van der Waals surface area contributed by atoms with E-state index in [1.807, 2.05) is 18.2 Å². The van der Waals surface area contributed by atoms with Gasteiger partial charge in [0.25, 0.3) is 0 Å². The van der Waals surface area contributed by atoms with Gasteiger partial charge in [-0.05, 0) is 18.2 Å². The summed E-state index contributed by atoms with van der Waals surface area (Å²) >= 11 is 4.91. The van der Waals surface area contributed by atoms with E-state index in [4.69, 9.17) is 21.7 Å². The van der Waals surface area contributed by atoms with E-state index in [1.54, 1.807) is 30.5 Å². The highest BCUT2D eigenvalue weighted by atomic mass is 32.1. The molecular formula is C11H8N2O2S. The van der Waals surface area contributed by atoms with E-state index in [1.165, 1.54) is 0 Å². The number of ether oxygens (including phenoxy) is 2. The van der Waals surface area contributed by atoms with Gasteiger partial charge >= 0.3 is 5.24 Å². The van der Waals surface area contributed by atoms with Gasteiger partial charge in [-0.2, -0.15) is 5.10 Å². The number of benzene rings is 1. The molecule has 0 aliphatic heterocycles. The van der Waals surface area contributed by atoms with Crippen LogP contribution in [0.5, 0.6) is 11.6 Å². The van der Waals surface area contributed by atoms with Crippen LogP contribution in [-0.2, 0) is 0 Å². The van der Waals surface area contributed by atoms with Crippen molar-refractivity contribution in [2.45, 2.75) is 0 Å². The van der Waals surface area contributed by atoms with Crippen molar-refractivity contribution in [3.8, 4) is 11.6 Å². The average Bonchev–Trinajstić information content (AvgIpc) is 2.31. The van der Waals surface area contributed by atoms with Crippen molar-refractivity contribution < 1.29 is 9.47 Å². The van der Waals surface area contributed by atoms with E-state index < -0.39 is 0 Å². The topological polar surface area (TPSA) is 44.2 Å². The standard InChI is InChI=1S/C11H8N2O2S/c16-11(14-9-5-2-1-3-6-9)15-10-7-4-8-12-13-10/h1-8H. The fraction of sp³-hybridized carbons (Fsp3) is 0. The molecule has 1 heterocycles. The third-order valence-corrected chi connectivity index (χ3v) is 1.85. The van der Waals surface area contributed by atoms with Gasteiger partial charge in [0.05, 0.1) is 0 Å². The number of hydrogen-bond acceptors (Lipinski definition) is 5. The van der Waals surface area contributed by atoms with Crippen LogP contribution >= 0.6 is 12.2 Å². The second-order valence-corrected chi connectivity index (χ2v) is 3.16. The molecule has 1 aromatic heterocycles. The van der Waals surface area contributed by atoms with Crippen molar-refractivity contribution in [2.75, 3.05) is 0 Å². The molecule has 0 radical (unpaired) electrons. The normalized spacial score (nSPS) is 9.50. The van der Waals surface area contributed by atoms with Crippen molar-refractivity contribution >= 4 is 17.5 Å². The molecule has 0 bridgehead atoms. The molecule has 0 saturated heterocycles. The zero-order valence-corrected chi connectivity index (χ0v) is 9.05. The van der Waals surface area contributed by atoms with Crippen LogP contribution in [0, 0.1) is 0 Å². The Morgan fingerprint density at radius 1 is 1.00 bits per heavy atom. The molecule has 0 unspecified atom stereocenters. The fourth-order valence-electron chi connectivity index (χ4n) is 1.03. The molecule has 4 nitrogen and oxygen atoms in total. The molecule has 0 aliphatic carbocycles. The Morgan fingerprint density at radius 2 is 1.81 bits per heavy atom. The van der Waals surface area contributed by atoms with Crippen LogP contribution in [0.4, 0.5) is 0 Å². The number of rotatable bonds is 2. The van der Waals surface area contributed by atoms with Gasteiger partial charge in [0.2, 0.25) is 5.88 Å². The van der Waals surface area contributed by atoms with Gasteiger partial charge in [-0.15, -0.1) is 5.10 Å². The molecule has 0 spiro atoms. The zero-order chi connectivity index (χ0) is 11.2. The van der Waals surface area contributed by atoms with Crippen LogP contribution in [0.3, 0.4) is 0 Å². The third-order valence-electron chi connectivity index (χ3n) is 1.68. The van der Waals surface area contributed by atoms with Crippen molar-refractivity contribution in [1.82, 2.24) is 10.2 Å². The Balaban J connectivity index is 1.95. The van der Waals surface area contributed by atoms with E-state index in [0.717, 1.165) is 0 Å². The number of aromatic nitrogens is 2. The van der Waals surface area contributed by atoms with Gasteiger partial charge in [0.1, 0.15) is 5.75 Å². The van der Waals surface area contributed by atoms with E-state index in [-0.39, 0.29) is 5.24 Å². The van der Waals surface area contributed by atoms with Crippen LogP contribution in [0.15, 0.2) is 48.7 Å². The number of para-hydroxylation sites is 1. The summed E-state index contributed by atoms with van der Waals surface area (Å²) in [6, 6.07) is 12.5. The van der Waals surface area contributed by atoms with Crippen LogP contribution in [0.2, 0.25) is 0 Å². The van der Waals surface area contributed by atoms with Crippen LogP contribution < -0.4 is 9.47 Å². The number of thiocarbonyl (C=S) groups is 1. The molecule has 0 aliphatic rings. The highest BCUT2D eigenvalue weighted by Gasteiger charge is 2.03. The molecule has 80 valence electrons. The maximum atomic E-state index is 5.26. The number of hydrogen-bond donors (Lipinski definition) is 0. The monoisotopic (exact) mass is 232 g/mol. The molecule has 0 atom stereocenters. The highest BCUT2D eigenvalue weighted by molar-refractivity contribution is 7.79.